The van der Waals surface area contributed by atoms with E-state index in [-0.39, 0.29) is 12.5 Å². The third kappa shape index (κ3) is 4.53. The van der Waals surface area contributed by atoms with Crippen LogP contribution in [0.15, 0.2) is 48.5 Å². The molecule has 2 heterocycles. The van der Waals surface area contributed by atoms with E-state index in [1.807, 2.05) is 53.2 Å². The number of carbonyl (C=O) groups excluding carboxylic acids is 1. The van der Waals surface area contributed by atoms with Crippen molar-refractivity contribution < 1.29 is 14.6 Å². The summed E-state index contributed by atoms with van der Waals surface area (Å²) in [7, 11) is 0. The average molecular weight is 401 g/mol. The fourth-order valence-electron chi connectivity index (χ4n) is 3.35. The second-order valence-corrected chi connectivity index (χ2v) is 7.18. The number of fused-ring (bicyclic) bond motifs is 2. The SMILES string of the molecule is CC(=O)Nc1ccc2c(c1)OCc1cc(-c3cccc(C#CCCCO)c3)nn1C2. The number of nitrogens with zero attached hydrogens (tertiary/aromatic N) is 2. The summed E-state index contributed by atoms with van der Waals surface area (Å²) in [5, 5.41) is 16.4. The first-order valence-electron chi connectivity index (χ1n) is 9.92. The zero-order chi connectivity index (χ0) is 20.9. The average Bonchev–Trinajstić information content (AvgIpc) is 3.06. The van der Waals surface area contributed by atoms with Crippen molar-refractivity contribution >= 4 is 11.6 Å². The number of hydrogen-bond acceptors (Lipinski definition) is 4. The molecule has 0 bridgehead atoms. The molecule has 1 amide bonds. The van der Waals surface area contributed by atoms with Gasteiger partial charge in [0.15, 0.2) is 0 Å². The Morgan fingerprint density at radius 1 is 1.27 bits per heavy atom. The van der Waals surface area contributed by atoms with Crippen molar-refractivity contribution in [2.45, 2.75) is 32.9 Å². The minimum absolute atomic E-state index is 0.110. The van der Waals surface area contributed by atoms with Crippen LogP contribution in [0, 0.1) is 11.8 Å². The molecule has 3 aromatic rings. The lowest BCUT2D eigenvalue weighted by atomic mass is 10.1. The predicted octanol–water partition coefficient (Wildman–Crippen LogP) is 3.57. The van der Waals surface area contributed by atoms with Gasteiger partial charge >= 0.3 is 0 Å². The molecule has 0 unspecified atom stereocenters. The number of nitrogens with one attached hydrogen (secondary N) is 1. The van der Waals surface area contributed by atoms with E-state index < -0.39 is 0 Å². The zero-order valence-electron chi connectivity index (χ0n) is 16.8. The molecule has 0 radical (unpaired) electrons. The highest BCUT2D eigenvalue weighted by molar-refractivity contribution is 5.88. The van der Waals surface area contributed by atoms with E-state index in [0.29, 0.717) is 26.0 Å². The number of unbranched alkanes of at least 4 members (excludes halogenated alkanes) is 1. The molecule has 30 heavy (non-hydrogen) atoms. The van der Waals surface area contributed by atoms with Gasteiger partial charge < -0.3 is 15.2 Å². The zero-order valence-corrected chi connectivity index (χ0v) is 16.8. The molecular weight excluding hydrogens is 378 g/mol. The van der Waals surface area contributed by atoms with Crippen molar-refractivity contribution in [3.8, 4) is 28.8 Å². The molecule has 6 nitrogen and oxygen atoms in total. The minimum atomic E-state index is -0.110. The van der Waals surface area contributed by atoms with E-state index in [9.17, 15) is 4.79 Å². The van der Waals surface area contributed by atoms with Crippen LogP contribution in [0.5, 0.6) is 5.75 Å². The third-order valence-electron chi connectivity index (χ3n) is 4.80. The highest BCUT2D eigenvalue weighted by Crippen LogP contribution is 2.30. The number of carbonyl (C=O) groups is 1. The van der Waals surface area contributed by atoms with Crippen LogP contribution in [-0.4, -0.2) is 27.4 Å². The fraction of sp³-hybridized carbons (Fsp3) is 0.250. The Bertz CT molecular complexity index is 1140. The summed E-state index contributed by atoms with van der Waals surface area (Å²) < 4.78 is 7.95. The molecule has 0 fully saturated rings. The maximum absolute atomic E-state index is 11.3. The Morgan fingerprint density at radius 3 is 3.00 bits per heavy atom. The Hall–Kier alpha value is -3.56. The number of amides is 1. The van der Waals surface area contributed by atoms with Gasteiger partial charge in [-0.2, -0.15) is 5.10 Å². The summed E-state index contributed by atoms with van der Waals surface area (Å²) in [4.78, 5) is 11.3. The number of ether oxygens (including phenoxy) is 1. The van der Waals surface area contributed by atoms with E-state index in [1.54, 1.807) is 0 Å². The van der Waals surface area contributed by atoms with Crippen LogP contribution in [-0.2, 0) is 17.9 Å². The van der Waals surface area contributed by atoms with E-state index in [4.69, 9.17) is 14.9 Å². The van der Waals surface area contributed by atoms with Crippen molar-refractivity contribution in [2.24, 2.45) is 0 Å². The largest absolute Gasteiger partial charge is 0.487 e. The maximum Gasteiger partial charge on any atom is 0.221 e. The fourth-order valence-corrected chi connectivity index (χ4v) is 3.35. The lowest BCUT2D eigenvalue weighted by Crippen LogP contribution is -2.06. The first kappa shape index (κ1) is 19.7. The molecule has 0 atom stereocenters. The summed E-state index contributed by atoms with van der Waals surface area (Å²) >= 11 is 0. The van der Waals surface area contributed by atoms with Crippen molar-refractivity contribution in [1.29, 1.82) is 0 Å². The standard InChI is InChI=1S/C24H23N3O3/c1-17(29)25-21-10-9-20-15-27-22(16-30-24(20)13-21)14-23(26-27)19-8-5-7-18(12-19)6-3-2-4-11-28/h5,7-10,12-14,28H,2,4,11,15-16H2,1H3,(H,25,29). The monoisotopic (exact) mass is 401 g/mol. The maximum atomic E-state index is 11.3. The third-order valence-corrected chi connectivity index (χ3v) is 4.80. The number of anilines is 1. The molecule has 1 aromatic heterocycles. The Kier molecular flexibility index (Phi) is 5.82. The minimum Gasteiger partial charge on any atom is -0.487 e. The van der Waals surface area contributed by atoms with Crippen LogP contribution in [0.3, 0.4) is 0 Å². The van der Waals surface area contributed by atoms with Gasteiger partial charge in [-0.25, -0.2) is 0 Å². The quantitative estimate of drug-likeness (QED) is 0.518. The Balaban J connectivity index is 1.56. The molecule has 1 aliphatic rings. The van der Waals surface area contributed by atoms with Crippen LogP contribution in [0.4, 0.5) is 5.69 Å². The highest BCUT2D eigenvalue weighted by atomic mass is 16.5. The molecule has 2 N–H and O–H groups in total. The number of benzene rings is 2. The molecular formula is C24H23N3O3. The predicted molar refractivity (Wildman–Crippen MR) is 115 cm³/mol. The van der Waals surface area contributed by atoms with Gasteiger partial charge in [0.2, 0.25) is 5.91 Å². The number of rotatable bonds is 4. The van der Waals surface area contributed by atoms with Crippen molar-refractivity contribution in [3.05, 3.63) is 65.4 Å². The topological polar surface area (TPSA) is 76.4 Å². The van der Waals surface area contributed by atoms with E-state index in [0.717, 1.165) is 39.5 Å². The van der Waals surface area contributed by atoms with Gasteiger partial charge in [-0.3, -0.25) is 9.48 Å². The van der Waals surface area contributed by atoms with Gasteiger partial charge in [0, 0.05) is 48.4 Å². The highest BCUT2D eigenvalue weighted by Gasteiger charge is 2.17. The second-order valence-electron chi connectivity index (χ2n) is 7.18. The van der Waals surface area contributed by atoms with Crippen LogP contribution >= 0.6 is 0 Å². The lowest BCUT2D eigenvalue weighted by molar-refractivity contribution is -0.114. The summed E-state index contributed by atoms with van der Waals surface area (Å²) in [6.07, 6.45) is 1.37. The molecule has 0 saturated carbocycles. The van der Waals surface area contributed by atoms with Crippen LogP contribution in [0.1, 0.15) is 36.6 Å². The molecule has 0 spiro atoms. The van der Waals surface area contributed by atoms with E-state index >= 15 is 0 Å². The molecule has 0 aliphatic carbocycles. The first-order valence-corrected chi connectivity index (χ1v) is 9.92. The van der Waals surface area contributed by atoms with Gasteiger partial charge in [0.1, 0.15) is 12.4 Å². The number of aliphatic hydroxyl groups is 1. The van der Waals surface area contributed by atoms with Gasteiger partial charge in [-0.1, -0.05) is 30.0 Å². The Morgan fingerprint density at radius 2 is 2.17 bits per heavy atom. The molecule has 4 rings (SSSR count). The van der Waals surface area contributed by atoms with Gasteiger partial charge in [0.25, 0.3) is 0 Å². The normalized spacial score (nSPS) is 11.9. The first-order chi connectivity index (χ1) is 14.6. The van der Waals surface area contributed by atoms with E-state index in [1.165, 1.54) is 6.92 Å². The lowest BCUT2D eigenvalue weighted by Gasteiger charge is -2.09. The van der Waals surface area contributed by atoms with Gasteiger partial charge in [-0.15, -0.1) is 0 Å². The number of aromatic nitrogens is 2. The van der Waals surface area contributed by atoms with Crippen molar-refractivity contribution in [3.63, 3.8) is 0 Å². The molecule has 1 aliphatic heterocycles. The van der Waals surface area contributed by atoms with Crippen molar-refractivity contribution in [1.82, 2.24) is 9.78 Å². The van der Waals surface area contributed by atoms with Crippen LogP contribution in [0.25, 0.3) is 11.3 Å². The molecule has 6 heteroatoms. The number of aliphatic hydroxyl groups excluding tert-OH is 1. The number of hydrogen-bond donors (Lipinski definition) is 2. The second kappa shape index (κ2) is 8.85. The summed E-state index contributed by atoms with van der Waals surface area (Å²) in [6, 6.07) is 15.7. The molecule has 0 saturated heterocycles. The summed E-state index contributed by atoms with van der Waals surface area (Å²) in [5.41, 5.74) is 5.54. The van der Waals surface area contributed by atoms with Gasteiger partial charge in [-0.05, 0) is 30.7 Å². The van der Waals surface area contributed by atoms with Crippen LogP contribution < -0.4 is 10.1 Å². The molecule has 2 aromatic carbocycles. The smallest absolute Gasteiger partial charge is 0.221 e. The summed E-state index contributed by atoms with van der Waals surface area (Å²) in [6.45, 7) is 2.66. The van der Waals surface area contributed by atoms with Gasteiger partial charge in [0.05, 0.1) is 17.9 Å². The summed E-state index contributed by atoms with van der Waals surface area (Å²) in [5.74, 6) is 6.87. The molecule has 152 valence electrons. The Labute approximate surface area is 175 Å². The van der Waals surface area contributed by atoms with Crippen molar-refractivity contribution in [2.75, 3.05) is 11.9 Å². The van der Waals surface area contributed by atoms with Crippen LogP contribution in [0.2, 0.25) is 0 Å². The van der Waals surface area contributed by atoms with E-state index in [2.05, 4.69) is 17.2 Å².